The third-order valence-electron chi connectivity index (χ3n) is 5.70. The largest absolute Gasteiger partial charge is 0.491 e. The van der Waals surface area contributed by atoms with Crippen molar-refractivity contribution < 1.29 is 19.0 Å². The van der Waals surface area contributed by atoms with Crippen molar-refractivity contribution in [2.45, 2.75) is 39.8 Å². The number of thiazole rings is 1. The van der Waals surface area contributed by atoms with E-state index in [1.54, 1.807) is 32.1 Å². The van der Waals surface area contributed by atoms with Gasteiger partial charge in [-0.3, -0.25) is 9.36 Å². The van der Waals surface area contributed by atoms with Gasteiger partial charge < -0.3 is 14.2 Å². The lowest BCUT2D eigenvalue weighted by atomic mass is 9.95. The highest BCUT2D eigenvalue weighted by Crippen LogP contribution is 2.36. The van der Waals surface area contributed by atoms with Crippen molar-refractivity contribution >= 4 is 50.9 Å². The number of hydrogen-bond acceptors (Lipinski definition) is 8. The lowest BCUT2D eigenvalue weighted by Crippen LogP contribution is -2.40. The number of carbonyl (C=O) groups excluding carboxylic acids is 1. The molecule has 3 aromatic rings. The van der Waals surface area contributed by atoms with Crippen LogP contribution in [0.4, 0.5) is 0 Å². The van der Waals surface area contributed by atoms with Crippen LogP contribution in [-0.4, -0.2) is 29.9 Å². The minimum absolute atomic E-state index is 0.133. The third-order valence-corrected chi connectivity index (χ3v) is 7.49. The van der Waals surface area contributed by atoms with Crippen molar-refractivity contribution in [3.63, 3.8) is 0 Å². The Kier molecular flexibility index (Phi) is 8.95. The van der Waals surface area contributed by atoms with Crippen molar-refractivity contribution in [1.29, 1.82) is 5.26 Å². The van der Waals surface area contributed by atoms with Crippen LogP contribution < -0.4 is 24.4 Å². The van der Waals surface area contributed by atoms with E-state index in [0.717, 1.165) is 0 Å². The van der Waals surface area contributed by atoms with E-state index < -0.39 is 12.0 Å². The van der Waals surface area contributed by atoms with Gasteiger partial charge in [-0.15, -0.1) is 0 Å². The van der Waals surface area contributed by atoms with E-state index in [9.17, 15) is 9.59 Å². The van der Waals surface area contributed by atoms with Gasteiger partial charge in [0.1, 0.15) is 23.6 Å². The van der Waals surface area contributed by atoms with E-state index in [-0.39, 0.29) is 30.5 Å². The Balaban J connectivity index is 2.00. The Bertz CT molecular complexity index is 1690. The topological polar surface area (TPSA) is 103 Å². The Morgan fingerprint density at radius 2 is 2.08 bits per heavy atom. The minimum Gasteiger partial charge on any atom is -0.491 e. The molecule has 8 nitrogen and oxygen atoms in total. The van der Waals surface area contributed by atoms with Gasteiger partial charge in [0.25, 0.3) is 5.56 Å². The lowest BCUT2D eigenvalue weighted by molar-refractivity contribution is -0.139. The molecule has 0 saturated heterocycles. The zero-order valence-electron chi connectivity index (χ0n) is 21.7. The van der Waals surface area contributed by atoms with Crippen LogP contribution in [0.25, 0.3) is 6.08 Å². The molecule has 1 aliphatic heterocycles. The van der Waals surface area contributed by atoms with Crippen LogP contribution >= 0.6 is 38.9 Å². The summed E-state index contributed by atoms with van der Waals surface area (Å²) >= 11 is 10.9. The van der Waals surface area contributed by atoms with Crippen LogP contribution in [0.15, 0.2) is 61.9 Å². The third kappa shape index (κ3) is 5.96. The van der Waals surface area contributed by atoms with Gasteiger partial charge >= 0.3 is 5.97 Å². The number of rotatable bonds is 8. The first-order valence-corrected chi connectivity index (χ1v) is 14.1. The number of aromatic nitrogens is 1. The molecule has 0 fully saturated rings. The molecule has 1 aliphatic rings. The van der Waals surface area contributed by atoms with Crippen LogP contribution in [0.2, 0.25) is 5.02 Å². The number of nitrogens with zero attached hydrogens (tertiary/aromatic N) is 3. The molecule has 0 radical (unpaired) electrons. The molecular weight excluding hydrogens is 606 g/mol. The number of hydrogen-bond donors (Lipinski definition) is 0. The number of esters is 1. The van der Waals surface area contributed by atoms with E-state index in [0.29, 0.717) is 47.2 Å². The fraction of sp³-hybridized carbons (Fsp3) is 0.286. The molecule has 2 heterocycles. The predicted molar refractivity (Wildman–Crippen MR) is 153 cm³/mol. The van der Waals surface area contributed by atoms with E-state index in [2.05, 4.69) is 20.9 Å². The molecule has 0 N–H and O–H groups in total. The van der Waals surface area contributed by atoms with Crippen LogP contribution in [0.1, 0.15) is 44.9 Å². The lowest BCUT2D eigenvalue weighted by Gasteiger charge is -2.26. The number of benzene rings is 2. The number of para-hydroxylation sites is 1. The molecule has 11 heteroatoms. The molecular formula is C28H25BrClN3O5S. The second-order valence-corrected chi connectivity index (χ2v) is 11.1. The maximum atomic E-state index is 14.0. The SMILES string of the molecule is CCOC(=O)C1=C(C)N=c2s/c(=C\c3cc(Cl)cc(Br)c3OCC#N)c(=O)n2[C@H]1c1ccccc1OC(C)C. The summed E-state index contributed by atoms with van der Waals surface area (Å²) in [7, 11) is 0. The van der Waals surface area contributed by atoms with Crippen molar-refractivity contribution in [3.8, 4) is 17.6 Å². The molecule has 202 valence electrons. The minimum atomic E-state index is -0.821. The normalized spacial score (nSPS) is 15.0. The number of halogens is 2. The van der Waals surface area contributed by atoms with Gasteiger partial charge in [0.05, 0.1) is 33.0 Å². The summed E-state index contributed by atoms with van der Waals surface area (Å²) in [5, 5.41) is 9.43. The summed E-state index contributed by atoms with van der Waals surface area (Å²) in [6.45, 7) is 7.26. The Morgan fingerprint density at radius 3 is 2.77 bits per heavy atom. The molecule has 2 aromatic carbocycles. The van der Waals surface area contributed by atoms with Gasteiger partial charge in [-0.2, -0.15) is 5.26 Å². The van der Waals surface area contributed by atoms with Gasteiger partial charge in [0.15, 0.2) is 11.4 Å². The average Bonchev–Trinajstić information content (AvgIpc) is 3.17. The highest BCUT2D eigenvalue weighted by molar-refractivity contribution is 9.10. The molecule has 0 aliphatic carbocycles. The van der Waals surface area contributed by atoms with Crippen molar-refractivity contribution in [2.75, 3.05) is 13.2 Å². The summed E-state index contributed by atoms with van der Waals surface area (Å²) in [5.74, 6) is 0.375. The molecule has 0 amide bonds. The van der Waals surface area contributed by atoms with E-state index in [1.165, 1.54) is 15.9 Å². The fourth-order valence-corrected chi connectivity index (χ4v) is 6.22. The van der Waals surface area contributed by atoms with Crippen molar-refractivity contribution in [2.24, 2.45) is 4.99 Å². The highest BCUT2D eigenvalue weighted by Gasteiger charge is 2.35. The Morgan fingerprint density at radius 1 is 1.33 bits per heavy atom. The molecule has 0 saturated carbocycles. The number of nitriles is 1. The molecule has 1 aromatic heterocycles. The van der Waals surface area contributed by atoms with E-state index >= 15 is 0 Å². The molecule has 4 rings (SSSR count). The van der Waals surface area contributed by atoms with Crippen LogP contribution in [0.5, 0.6) is 11.5 Å². The molecule has 1 atom stereocenters. The monoisotopic (exact) mass is 629 g/mol. The zero-order chi connectivity index (χ0) is 28.3. The summed E-state index contributed by atoms with van der Waals surface area (Å²) in [6, 6.07) is 11.7. The van der Waals surface area contributed by atoms with Gasteiger partial charge in [-0.05, 0) is 67.9 Å². The summed E-state index contributed by atoms with van der Waals surface area (Å²) in [4.78, 5) is 32.2. The second kappa shape index (κ2) is 12.2. The van der Waals surface area contributed by atoms with Crippen LogP contribution in [0, 0.1) is 11.3 Å². The van der Waals surface area contributed by atoms with E-state index in [4.69, 9.17) is 31.1 Å². The Hall–Kier alpha value is -3.39. The molecule has 0 unspecified atom stereocenters. The predicted octanol–water partition coefficient (Wildman–Crippen LogP) is 4.90. The zero-order valence-corrected chi connectivity index (χ0v) is 24.8. The first-order valence-electron chi connectivity index (χ1n) is 12.1. The molecule has 0 spiro atoms. The van der Waals surface area contributed by atoms with Crippen LogP contribution in [0.3, 0.4) is 0 Å². The fourth-order valence-electron chi connectivity index (χ4n) is 4.24. The molecule has 39 heavy (non-hydrogen) atoms. The summed E-state index contributed by atoms with van der Waals surface area (Å²) in [5.41, 5.74) is 1.50. The summed E-state index contributed by atoms with van der Waals surface area (Å²) in [6.07, 6.45) is 1.51. The van der Waals surface area contributed by atoms with Crippen molar-refractivity contribution in [1.82, 2.24) is 4.57 Å². The number of carbonyl (C=O) groups is 1. The van der Waals surface area contributed by atoms with Gasteiger partial charge in [-0.25, -0.2) is 9.79 Å². The smallest absolute Gasteiger partial charge is 0.338 e. The summed E-state index contributed by atoms with van der Waals surface area (Å²) < 4.78 is 19.4. The first-order chi connectivity index (χ1) is 18.7. The second-order valence-electron chi connectivity index (χ2n) is 8.76. The van der Waals surface area contributed by atoms with Crippen LogP contribution in [-0.2, 0) is 9.53 Å². The quantitative estimate of drug-likeness (QED) is 0.328. The standard InChI is InChI=1S/C28H25BrClN3O5S/c1-5-36-27(35)23-16(4)32-28-33(24(23)19-8-6-7-9-21(19)38-15(2)3)26(34)22(39-28)13-17-12-18(30)14-20(29)25(17)37-11-10-31/h6-9,12-15,24H,5,11H2,1-4H3/b22-13-/t24-/m0/s1. The van der Waals surface area contributed by atoms with E-state index in [1.807, 2.05) is 44.2 Å². The number of ether oxygens (including phenoxy) is 3. The molecule has 0 bridgehead atoms. The average molecular weight is 631 g/mol. The number of fused-ring (bicyclic) bond motifs is 1. The number of allylic oxidation sites excluding steroid dienone is 1. The Labute approximate surface area is 242 Å². The highest BCUT2D eigenvalue weighted by atomic mass is 79.9. The first kappa shape index (κ1) is 28.6. The van der Waals surface area contributed by atoms with Gasteiger partial charge in [-0.1, -0.05) is 41.1 Å². The maximum Gasteiger partial charge on any atom is 0.338 e. The van der Waals surface area contributed by atoms with Gasteiger partial charge in [0.2, 0.25) is 0 Å². The van der Waals surface area contributed by atoms with Gasteiger partial charge in [0, 0.05) is 16.1 Å². The van der Waals surface area contributed by atoms with Crippen molar-refractivity contribution in [3.05, 3.63) is 88.0 Å². The maximum absolute atomic E-state index is 14.0.